The molecule has 1 saturated heterocycles. The molecule has 2 heteroatoms. The Morgan fingerprint density at radius 3 is 2.28 bits per heavy atom. The van der Waals surface area contributed by atoms with Gasteiger partial charge < -0.3 is 5.32 Å². The van der Waals surface area contributed by atoms with Gasteiger partial charge in [-0.15, -0.1) is 0 Å². The van der Waals surface area contributed by atoms with E-state index in [1.165, 1.54) is 83.8 Å². The summed E-state index contributed by atoms with van der Waals surface area (Å²) in [4.78, 5) is 2.90. The van der Waals surface area contributed by atoms with Crippen LogP contribution in [0.5, 0.6) is 0 Å². The van der Waals surface area contributed by atoms with E-state index in [1.807, 2.05) is 0 Å². The molecule has 0 aromatic rings. The maximum atomic E-state index is 4.00. The van der Waals surface area contributed by atoms with Crippen molar-refractivity contribution in [3.63, 3.8) is 0 Å². The normalized spacial score (nSPS) is 31.2. The van der Waals surface area contributed by atoms with Gasteiger partial charge in [-0.2, -0.15) is 0 Å². The summed E-state index contributed by atoms with van der Waals surface area (Å²) < 4.78 is 0. The fourth-order valence-electron chi connectivity index (χ4n) is 4.73. The fourth-order valence-corrected chi connectivity index (χ4v) is 4.73. The summed E-state index contributed by atoms with van der Waals surface area (Å²) in [6, 6.07) is 0. The van der Waals surface area contributed by atoms with Crippen molar-refractivity contribution in [3.8, 4) is 0 Å². The van der Waals surface area contributed by atoms with Crippen LogP contribution in [0.1, 0.15) is 71.1 Å². The Labute approximate surface area is 113 Å². The topological polar surface area (TPSA) is 15.3 Å². The zero-order valence-corrected chi connectivity index (χ0v) is 12.1. The lowest BCUT2D eigenvalue weighted by atomic mass is 9.76. The Hall–Kier alpha value is -0.0800. The molecule has 1 N–H and O–H groups in total. The Balaban J connectivity index is 1.75. The van der Waals surface area contributed by atoms with Crippen molar-refractivity contribution in [2.24, 2.45) is 0 Å². The molecular weight excluding hydrogens is 220 g/mol. The predicted molar refractivity (Wildman–Crippen MR) is 76.9 cm³/mol. The van der Waals surface area contributed by atoms with E-state index in [4.69, 9.17) is 0 Å². The van der Waals surface area contributed by atoms with Gasteiger partial charge in [0.05, 0.1) is 0 Å². The molecule has 104 valence electrons. The highest BCUT2D eigenvalue weighted by Gasteiger charge is 2.47. The lowest BCUT2D eigenvalue weighted by Gasteiger charge is -2.55. The minimum absolute atomic E-state index is 0.498. The van der Waals surface area contributed by atoms with Crippen LogP contribution in [0.15, 0.2) is 0 Å². The minimum Gasteiger partial charge on any atom is -0.308 e. The quantitative estimate of drug-likeness (QED) is 0.809. The van der Waals surface area contributed by atoms with Gasteiger partial charge in [0.25, 0.3) is 0 Å². The van der Waals surface area contributed by atoms with Crippen LogP contribution in [0.4, 0.5) is 0 Å². The van der Waals surface area contributed by atoms with Crippen LogP contribution >= 0.6 is 0 Å². The van der Waals surface area contributed by atoms with E-state index < -0.39 is 0 Å². The van der Waals surface area contributed by atoms with Crippen LogP contribution in [-0.2, 0) is 0 Å². The van der Waals surface area contributed by atoms with Gasteiger partial charge in [-0.25, -0.2) is 0 Å². The van der Waals surface area contributed by atoms with Gasteiger partial charge in [0, 0.05) is 24.2 Å². The lowest BCUT2D eigenvalue weighted by molar-refractivity contribution is -0.0175. The molecule has 18 heavy (non-hydrogen) atoms. The van der Waals surface area contributed by atoms with Gasteiger partial charge >= 0.3 is 0 Å². The lowest BCUT2D eigenvalue weighted by Crippen LogP contribution is -2.69. The molecule has 1 heterocycles. The fraction of sp³-hybridized carbons (Fsp3) is 1.00. The molecule has 2 nitrogen and oxygen atoms in total. The summed E-state index contributed by atoms with van der Waals surface area (Å²) in [5.41, 5.74) is 1.03. The summed E-state index contributed by atoms with van der Waals surface area (Å²) in [6.07, 6.45) is 14.3. The first-order valence-corrected chi connectivity index (χ1v) is 8.29. The molecule has 0 bridgehead atoms. The smallest absolute Gasteiger partial charge is 0.0334 e. The van der Waals surface area contributed by atoms with Crippen molar-refractivity contribution in [1.82, 2.24) is 10.2 Å². The second-order valence-corrected chi connectivity index (χ2v) is 7.05. The van der Waals surface area contributed by atoms with Crippen LogP contribution in [0.25, 0.3) is 0 Å². The van der Waals surface area contributed by atoms with E-state index >= 15 is 0 Å². The van der Waals surface area contributed by atoms with Crippen molar-refractivity contribution in [2.45, 2.75) is 82.2 Å². The Morgan fingerprint density at radius 1 is 0.944 bits per heavy atom. The molecule has 0 radical (unpaired) electrons. The first-order chi connectivity index (χ1) is 8.79. The number of hydrogen-bond acceptors (Lipinski definition) is 2. The molecule has 2 aliphatic carbocycles. The van der Waals surface area contributed by atoms with Gasteiger partial charge in [0.1, 0.15) is 0 Å². The number of piperazine rings is 1. The molecule has 0 atom stereocenters. The predicted octanol–water partition coefficient (Wildman–Crippen LogP) is 3.32. The summed E-state index contributed by atoms with van der Waals surface area (Å²) in [5, 5.41) is 4.00. The molecular formula is C16H30N2. The average Bonchev–Trinajstić information content (AvgIpc) is 2.85. The second-order valence-electron chi connectivity index (χ2n) is 7.05. The molecule has 3 fully saturated rings. The van der Waals surface area contributed by atoms with Crippen LogP contribution in [-0.4, -0.2) is 35.6 Å². The first kappa shape index (κ1) is 12.9. The first-order valence-electron chi connectivity index (χ1n) is 8.29. The van der Waals surface area contributed by atoms with Gasteiger partial charge in [-0.1, -0.05) is 39.0 Å². The van der Waals surface area contributed by atoms with Crippen LogP contribution in [0.2, 0.25) is 0 Å². The molecule has 3 rings (SSSR count). The standard InChI is InChI=1S/C16H30N2/c1-2-12-18-14-15(8-6-7-9-15)17-13-16(18)10-4-3-5-11-16/h17H,2-14H2,1H3. The van der Waals surface area contributed by atoms with E-state index in [1.54, 1.807) is 0 Å². The number of hydrogen-bond donors (Lipinski definition) is 1. The van der Waals surface area contributed by atoms with E-state index in [0.717, 1.165) is 0 Å². The largest absolute Gasteiger partial charge is 0.308 e. The average molecular weight is 250 g/mol. The molecule has 1 aliphatic heterocycles. The zero-order chi connectivity index (χ0) is 12.5. The van der Waals surface area contributed by atoms with E-state index in [-0.39, 0.29) is 0 Å². The molecule has 2 spiro atoms. The van der Waals surface area contributed by atoms with E-state index in [9.17, 15) is 0 Å². The summed E-state index contributed by atoms with van der Waals surface area (Å²) >= 11 is 0. The van der Waals surface area contributed by atoms with E-state index in [0.29, 0.717) is 11.1 Å². The highest BCUT2D eigenvalue weighted by atomic mass is 15.3. The third kappa shape index (κ3) is 2.22. The van der Waals surface area contributed by atoms with Crippen LogP contribution in [0, 0.1) is 0 Å². The van der Waals surface area contributed by atoms with Crippen molar-refractivity contribution >= 4 is 0 Å². The van der Waals surface area contributed by atoms with Gasteiger partial charge in [-0.3, -0.25) is 4.90 Å². The SMILES string of the molecule is CCCN1CC2(CCCC2)NCC12CCCCC2. The monoisotopic (exact) mass is 250 g/mol. The van der Waals surface area contributed by atoms with Crippen molar-refractivity contribution < 1.29 is 0 Å². The van der Waals surface area contributed by atoms with Crippen molar-refractivity contribution in [1.29, 1.82) is 0 Å². The Bertz CT molecular complexity index is 275. The van der Waals surface area contributed by atoms with Crippen LogP contribution in [0.3, 0.4) is 0 Å². The number of nitrogens with one attached hydrogen (secondary N) is 1. The third-order valence-corrected chi connectivity index (χ3v) is 5.80. The van der Waals surface area contributed by atoms with Crippen molar-refractivity contribution in [2.75, 3.05) is 19.6 Å². The summed E-state index contributed by atoms with van der Waals surface area (Å²) in [7, 11) is 0. The molecule has 2 saturated carbocycles. The minimum atomic E-state index is 0.498. The summed E-state index contributed by atoms with van der Waals surface area (Å²) in [6.45, 7) is 6.27. The van der Waals surface area contributed by atoms with Crippen LogP contribution < -0.4 is 5.32 Å². The molecule has 3 aliphatic rings. The number of rotatable bonds is 2. The zero-order valence-electron chi connectivity index (χ0n) is 12.1. The molecule has 0 aromatic heterocycles. The molecule has 0 amide bonds. The highest BCUT2D eigenvalue weighted by molar-refractivity contribution is 5.07. The summed E-state index contributed by atoms with van der Waals surface area (Å²) in [5.74, 6) is 0. The van der Waals surface area contributed by atoms with Gasteiger partial charge in [-0.05, 0) is 38.6 Å². The third-order valence-electron chi connectivity index (χ3n) is 5.80. The maximum Gasteiger partial charge on any atom is 0.0334 e. The number of nitrogens with zero attached hydrogens (tertiary/aromatic N) is 1. The maximum absolute atomic E-state index is 4.00. The Kier molecular flexibility index (Phi) is 3.68. The van der Waals surface area contributed by atoms with E-state index in [2.05, 4.69) is 17.1 Å². The van der Waals surface area contributed by atoms with Gasteiger partial charge in [0.2, 0.25) is 0 Å². The Morgan fingerprint density at radius 2 is 1.61 bits per heavy atom. The second kappa shape index (κ2) is 5.13. The van der Waals surface area contributed by atoms with Crippen molar-refractivity contribution in [3.05, 3.63) is 0 Å². The molecule has 0 aromatic carbocycles. The molecule has 0 unspecified atom stereocenters. The highest BCUT2D eigenvalue weighted by Crippen LogP contribution is 2.41. The van der Waals surface area contributed by atoms with Gasteiger partial charge in [0.15, 0.2) is 0 Å².